The fourth-order valence-electron chi connectivity index (χ4n) is 1.16. The highest BCUT2D eigenvalue weighted by molar-refractivity contribution is 5.74. The molecule has 88 valence electrons. The van der Waals surface area contributed by atoms with Gasteiger partial charge in [-0.3, -0.25) is 0 Å². The normalized spacial score (nSPS) is 11.9. The van der Waals surface area contributed by atoms with Crippen molar-refractivity contribution < 1.29 is 9.18 Å². The fraction of sp³-hybridized carbons (Fsp3) is 0.417. The van der Waals surface area contributed by atoms with Gasteiger partial charge in [-0.25, -0.2) is 9.18 Å². The van der Waals surface area contributed by atoms with Crippen LogP contribution in [0.3, 0.4) is 0 Å². The Morgan fingerprint density at radius 2 is 2.00 bits per heavy atom. The van der Waals surface area contributed by atoms with Crippen LogP contribution in [-0.4, -0.2) is 12.1 Å². The van der Waals surface area contributed by atoms with Gasteiger partial charge in [0.15, 0.2) is 0 Å². The minimum atomic E-state index is -0.271. The van der Waals surface area contributed by atoms with Crippen LogP contribution in [0.5, 0.6) is 0 Å². The third-order valence-corrected chi connectivity index (χ3v) is 2.36. The third-order valence-electron chi connectivity index (χ3n) is 2.36. The highest BCUT2D eigenvalue weighted by Crippen LogP contribution is 2.01. The second kappa shape index (κ2) is 6.10. The van der Waals surface area contributed by atoms with Crippen molar-refractivity contribution in [3.05, 3.63) is 35.6 Å². The van der Waals surface area contributed by atoms with E-state index in [9.17, 15) is 9.18 Å². The van der Waals surface area contributed by atoms with Crippen molar-refractivity contribution in [3.8, 4) is 0 Å². The number of rotatable bonds is 4. The predicted molar refractivity (Wildman–Crippen MR) is 61.5 cm³/mol. The summed E-state index contributed by atoms with van der Waals surface area (Å²) in [5.74, 6) is -0.271. The monoisotopic (exact) mass is 224 g/mol. The topological polar surface area (TPSA) is 41.1 Å². The van der Waals surface area contributed by atoms with E-state index in [4.69, 9.17) is 0 Å². The summed E-state index contributed by atoms with van der Waals surface area (Å²) in [5, 5.41) is 5.50. The first-order chi connectivity index (χ1) is 7.61. The molecule has 0 saturated carbocycles. The molecule has 1 rings (SSSR count). The Hall–Kier alpha value is -1.58. The first-order valence-electron chi connectivity index (χ1n) is 5.40. The molecule has 0 aliphatic heterocycles. The van der Waals surface area contributed by atoms with Gasteiger partial charge in [0.25, 0.3) is 0 Å². The number of hydrogen-bond donors (Lipinski definition) is 2. The van der Waals surface area contributed by atoms with Crippen LogP contribution in [0, 0.1) is 5.82 Å². The lowest BCUT2D eigenvalue weighted by atomic mass is 10.2. The Kier molecular flexibility index (Phi) is 4.76. The van der Waals surface area contributed by atoms with Crippen molar-refractivity contribution >= 4 is 6.03 Å². The first-order valence-corrected chi connectivity index (χ1v) is 5.40. The minimum absolute atomic E-state index is 0.160. The number of hydrogen-bond acceptors (Lipinski definition) is 1. The second-order valence-electron chi connectivity index (χ2n) is 3.76. The van der Waals surface area contributed by atoms with E-state index in [1.54, 1.807) is 12.1 Å². The molecule has 1 atom stereocenters. The summed E-state index contributed by atoms with van der Waals surface area (Å²) in [5.41, 5.74) is 0.876. The van der Waals surface area contributed by atoms with E-state index in [-0.39, 0.29) is 17.9 Å². The molecule has 1 unspecified atom stereocenters. The Morgan fingerprint density at radius 3 is 2.56 bits per heavy atom. The molecule has 2 amide bonds. The van der Waals surface area contributed by atoms with Gasteiger partial charge in [0.1, 0.15) is 5.82 Å². The van der Waals surface area contributed by atoms with E-state index in [2.05, 4.69) is 10.6 Å². The quantitative estimate of drug-likeness (QED) is 0.810. The van der Waals surface area contributed by atoms with Gasteiger partial charge >= 0.3 is 6.03 Å². The van der Waals surface area contributed by atoms with Crippen molar-refractivity contribution in [3.63, 3.8) is 0 Å². The molecule has 1 aromatic carbocycles. The van der Waals surface area contributed by atoms with E-state index in [0.717, 1.165) is 12.0 Å². The van der Waals surface area contributed by atoms with Crippen molar-refractivity contribution in [1.29, 1.82) is 0 Å². The lowest BCUT2D eigenvalue weighted by Crippen LogP contribution is -2.40. The summed E-state index contributed by atoms with van der Waals surface area (Å²) in [6.07, 6.45) is 0.893. The Labute approximate surface area is 95.0 Å². The Balaban J connectivity index is 2.34. The molecule has 0 bridgehead atoms. The van der Waals surface area contributed by atoms with Gasteiger partial charge < -0.3 is 10.6 Å². The minimum Gasteiger partial charge on any atom is -0.336 e. The first kappa shape index (κ1) is 12.5. The summed E-state index contributed by atoms with van der Waals surface area (Å²) >= 11 is 0. The van der Waals surface area contributed by atoms with Crippen molar-refractivity contribution in [1.82, 2.24) is 10.6 Å². The molecular weight excluding hydrogens is 207 g/mol. The summed E-state index contributed by atoms with van der Waals surface area (Å²) in [6.45, 7) is 4.35. The number of nitrogens with one attached hydrogen (secondary N) is 2. The zero-order valence-electron chi connectivity index (χ0n) is 9.59. The van der Waals surface area contributed by atoms with Gasteiger partial charge in [-0.15, -0.1) is 0 Å². The van der Waals surface area contributed by atoms with Crippen LogP contribution in [0.15, 0.2) is 24.3 Å². The lowest BCUT2D eigenvalue weighted by Gasteiger charge is -2.12. The average Bonchev–Trinajstić information content (AvgIpc) is 2.28. The molecule has 1 aromatic rings. The SMILES string of the molecule is CCC(C)NC(=O)NCc1ccc(F)cc1. The van der Waals surface area contributed by atoms with Gasteiger partial charge in [0.05, 0.1) is 0 Å². The highest BCUT2D eigenvalue weighted by atomic mass is 19.1. The van der Waals surface area contributed by atoms with Crippen LogP contribution in [0.1, 0.15) is 25.8 Å². The molecule has 0 spiro atoms. The molecule has 0 aliphatic carbocycles. The van der Waals surface area contributed by atoms with E-state index in [1.165, 1.54) is 12.1 Å². The van der Waals surface area contributed by atoms with Crippen LogP contribution in [0.25, 0.3) is 0 Å². The standard InChI is InChI=1S/C12H17FN2O/c1-3-9(2)15-12(16)14-8-10-4-6-11(13)7-5-10/h4-7,9H,3,8H2,1-2H3,(H2,14,15,16). The molecule has 0 fully saturated rings. The molecule has 3 nitrogen and oxygen atoms in total. The number of carbonyl (C=O) groups excluding carboxylic acids is 1. The number of carbonyl (C=O) groups is 1. The molecule has 0 saturated heterocycles. The number of benzene rings is 1. The maximum atomic E-state index is 12.6. The lowest BCUT2D eigenvalue weighted by molar-refractivity contribution is 0.237. The maximum Gasteiger partial charge on any atom is 0.315 e. The van der Waals surface area contributed by atoms with Crippen LogP contribution >= 0.6 is 0 Å². The van der Waals surface area contributed by atoms with Crippen LogP contribution in [0.2, 0.25) is 0 Å². The zero-order chi connectivity index (χ0) is 12.0. The predicted octanol–water partition coefficient (Wildman–Crippen LogP) is 2.42. The van der Waals surface area contributed by atoms with Crippen LogP contribution in [-0.2, 0) is 6.54 Å². The molecule has 2 N–H and O–H groups in total. The van der Waals surface area contributed by atoms with Gasteiger partial charge in [0.2, 0.25) is 0 Å². The van der Waals surface area contributed by atoms with Crippen molar-refractivity contribution in [2.75, 3.05) is 0 Å². The van der Waals surface area contributed by atoms with E-state index < -0.39 is 0 Å². The Bertz CT molecular complexity index is 337. The Morgan fingerprint density at radius 1 is 1.38 bits per heavy atom. The summed E-state index contributed by atoms with van der Waals surface area (Å²) in [6, 6.07) is 6.03. The van der Waals surface area contributed by atoms with Crippen LogP contribution in [0.4, 0.5) is 9.18 Å². The second-order valence-corrected chi connectivity index (χ2v) is 3.76. The molecule has 0 aliphatic rings. The van der Waals surface area contributed by atoms with E-state index >= 15 is 0 Å². The number of urea groups is 1. The fourth-order valence-corrected chi connectivity index (χ4v) is 1.16. The van der Waals surface area contributed by atoms with Gasteiger partial charge in [-0.1, -0.05) is 19.1 Å². The van der Waals surface area contributed by atoms with E-state index in [1.807, 2.05) is 13.8 Å². The summed E-state index contributed by atoms with van der Waals surface area (Å²) in [7, 11) is 0. The molecule has 0 aromatic heterocycles. The summed E-state index contributed by atoms with van der Waals surface area (Å²) in [4.78, 5) is 11.4. The van der Waals surface area contributed by atoms with Crippen LogP contribution < -0.4 is 10.6 Å². The van der Waals surface area contributed by atoms with Crippen molar-refractivity contribution in [2.24, 2.45) is 0 Å². The maximum absolute atomic E-state index is 12.6. The van der Waals surface area contributed by atoms with Gasteiger partial charge in [-0.2, -0.15) is 0 Å². The molecule has 0 heterocycles. The number of halogens is 1. The van der Waals surface area contributed by atoms with E-state index in [0.29, 0.717) is 6.54 Å². The highest BCUT2D eigenvalue weighted by Gasteiger charge is 2.04. The zero-order valence-corrected chi connectivity index (χ0v) is 9.59. The van der Waals surface area contributed by atoms with Gasteiger partial charge in [-0.05, 0) is 31.0 Å². The average molecular weight is 224 g/mol. The molecule has 16 heavy (non-hydrogen) atoms. The summed E-state index contributed by atoms with van der Waals surface area (Å²) < 4.78 is 12.6. The molecular formula is C12H17FN2O. The largest absolute Gasteiger partial charge is 0.336 e. The molecule has 0 radical (unpaired) electrons. The smallest absolute Gasteiger partial charge is 0.315 e. The third kappa shape index (κ3) is 4.29. The van der Waals surface area contributed by atoms with Crippen molar-refractivity contribution in [2.45, 2.75) is 32.9 Å². The number of amides is 2. The van der Waals surface area contributed by atoms with Gasteiger partial charge in [0, 0.05) is 12.6 Å². The molecule has 4 heteroatoms.